The predicted octanol–water partition coefficient (Wildman–Crippen LogP) is 2.88. The van der Waals surface area contributed by atoms with Crippen molar-refractivity contribution in [3.8, 4) is 11.4 Å². The molecule has 23 heavy (non-hydrogen) atoms. The zero-order valence-electron chi connectivity index (χ0n) is 11.9. The Kier molecular flexibility index (Phi) is 4.41. The lowest BCUT2D eigenvalue weighted by Crippen LogP contribution is -2.08. The summed E-state index contributed by atoms with van der Waals surface area (Å²) in [7, 11) is 0. The first-order valence-corrected chi connectivity index (χ1v) is 6.84. The lowest BCUT2D eigenvalue weighted by molar-refractivity contribution is -0.0498. The number of hydrogen-bond donors (Lipinski definition) is 1. The van der Waals surface area contributed by atoms with Crippen molar-refractivity contribution in [3.63, 3.8) is 0 Å². The molecule has 2 aromatic carbocycles. The Morgan fingerprint density at radius 2 is 1.78 bits per heavy atom. The third kappa shape index (κ3) is 3.79. The molecule has 0 radical (unpaired) electrons. The van der Waals surface area contributed by atoms with Crippen LogP contribution in [0.5, 0.6) is 5.75 Å². The number of nitrogens with zero attached hydrogens (tertiary/aromatic N) is 4. The van der Waals surface area contributed by atoms with Crippen molar-refractivity contribution in [2.45, 2.75) is 13.2 Å². The normalized spacial score (nSPS) is 10.7. The number of ether oxygens (including phenoxy) is 1. The Balaban J connectivity index is 1.66. The maximum absolute atomic E-state index is 12.1. The summed E-state index contributed by atoms with van der Waals surface area (Å²) >= 11 is 0. The Labute approximate surface area is 130 Å². The first kappa shape index (κ1) is 14.9. The van der Waals surface area contributed by atoms with Crippen LogP contribution in [0.2, 0.25) is 0 Å². The van der Waals surface area contributed by atoms with Crippen molar-refractivity contribution < 1.29 is 13.5 Å². The summed E-state index contributed by atoms with van der Waals surface area (Å²) in [4.78, 5) is 0. The molecule has 0 aliphatic carbocycles. The van der Waals surface area contributed by atoms with Crippen LogP contribution in [-0.4, -0.2) is 26.8 Å². The van der Waals surface area contributed by atoms with Crippen molar-refractivity contribution in [2.75, 3.05) is 5.32 Å². The van der Waals surface area contributed by atoms with Crippen LogP contribution >= 0.6 is 0 Å². The summed E-state index contributed by atoms with van der Waals surface area (Å²) in [6.45, 7) is -2.44. The molecule has 1 heterocycles. The number of tetrazole rings is 1. The maximum atomic E-state index is 12.1. The Hall–Kier alpha value is -3.03. The molecule has 6 nitrogen and oxygen atoms in total. The van der Waals surface area contributed by atoms with Gasteiger partial charge >= 0.3 is 6.61 Å². The number of halogens is 2. The van der Waals surface area contributed by atoms with E-state index in [4.69, 9.17) is 0 Å². The molecular weight excluding hydrogens is 304 g/mol. The largest absolute Gasteiger partial charge is 0.435 e. The topological polar surface area (TPSA) is 64.9 Å². The highest BCUT2D eigenvalue weighted by Gasteiger charge is 2.08. The number of alkyl halides is 2. The second-order valence-corrected chi connectivity index (χ2v) is 4.60. The van der Waals surface area contributed by atoms with E-state index in [9.17, 15) is 8.78 Å². The molecule has 8 heteroatoms. The van der Waals surface area contributed by atoms with Gasteiger partial charge in [0.25, 0.3) is 0 Å². The van der Waals surface area contributed by atoms with Gasteiger partial charge in [0.05, 0.1) is 12.2 Å². The van der Waals surface area contributed by atoms with Crippen LogP contribution < -0.4 is 10.1 Å². The van der Waals surface area contributed by atoms with Crippen molar-refractivity contribution in [3.05, 3.63) is 60.4 Å². The predicted molar refractivity (Wildman–Crippen MR) is 79.6 cm³/mol. The molecule has 0 unspecified atom stereocenters. The van der Waals surface area contributed by atoms with Gasteiger partial charge in [0.15, 0.2) is 5.82 Å². The van der Waals surface area contributed by atoms with E-state index in [0.29, 0.717) is 12.4 Å². The molecule has 0 aliphatic rings. The number of rotatable bonds is 6. The summed E-state index contributed by atoms with van der Waals surface area (Å²) in [5.74, 6) is 0.740. The second kappa shape index (κ2) is 6.82. The summed E-state index contributed by atoms with van der Waals surface area (Å²) < 4.78 is 30.1. The molecule has 0 fully saturated rings. The molecule has 0 saturated heterocycles. The molecule has 0 atom stereocenters. The van der Waals surface area contributed by atoms with Gasteiger partial charge in [-0.1, -0.05) is 18.2 Å². The Morgan fingerprint density at radius 3 is 2.48 bits per heavy atom. The number of benzene rings is 2. The Bertz CT molecular complexity index is 746. The lowest BCUT2D eigenvalue weighted by Gasteiger charge is -2.08. The van der Waals surface area contributed by atoms with Gasteiger partial charge in [0, 0.05) is 5.69 Å². The summed E-state index contributed by atoms with van der Waals surface area (Å²) in [5, 5.41) is 14.7. The fourth-order valence-electron chi connectivity index (χ4n) is 2.02. The van der Waals surface area contributed by atoms with Crippen LogP contribution in [0.3, 0.4) is 0 Å². The number of nitrogens with one attached hydrogen (secondary N) is 1. The number of anilines is 1. The molecule has 0 aliphatic heterocycles. The number of aromatic nitrogens is 4. The average Bonchev–Trinajstić information content (AvgIpc) is 3.03. The summed E-state index contributed by atoms with van der Waals surface area (Å²) in [6, 6.07) is 15.7. The zero-order valence-corrected chi connectivity index (χ0v) is 11.9. The van der Waals surface area contributed by atoms with E-state index in [1.165, 1.54) is 12.1 Å². The smallest absolute Gasteiger partial charge is 0.387 e. The minimum Gasteiger partial charge on any atom is -0.435 e. The number of para-hydroxylation sites is 1. The number of hydrogen-bond acceptors (Lipinski definition) is 5. The SMILES string of the molecule is FC(F)Oc1ccc(NCc2nnnn2-c2ccccc2)cc1. The van der Waals surface area contributed by atoms with Crippen LogP contribution in [0.4, 0.5) is 14.5 Å². The summed E-state index contributed by atoms with van der Waals surface area (Å²) in [6.07, 6.45) is 0. The van der Waals surface area contributed by atoms with Crippen LogP contribution in [0.25, 0.3) is 5.69 Å². The van der Waals surface area contributed by atoms with Crippen LogP contribution in [0.1, 0.15) is 5.82 Å². The van der Waals surface area contributed by atoms with Gasteiger partial charge in [-0.15, -0.1) is 5.10 Å². The molecule has 0 bridgehead atoms. The quantitative estimate of drug-likeness (QED) is 0.757. The van der Waals surface area contributed by atoms with Gasteiger partial charge in [0.2, 0.25) is 0 Å². The monoisotopic (exact) mass is 317 g/mol. The maximum Gasteiger partial charge on any atom is 0.387 e. The van der Waals surface area contributed by atoms with Crippen molar-refractivity contribution in [2.24, 2.45) is 0 Å². The van der Waals surface area contributed by atoms with Gasteiger partial charge in [-0.25, -0.2) is 0 Å². The van der Waals surface area contributed by atoms with E-state index in [0.717, 1.165) is 11.4 Å². The molecule has 3 rings (SSSR count). The van der Waals surface area contributed by atoms with Crippen molar-refractivity contribution in [1.82, 2.24) is 20.2 Å². The third-order valence-corrected chi connectivity index (χ3v) is 3.06. The second-order valence-electron chi connectivity index (χ2n) is 4.60. The third-order valence-electron chi connectivity index (χ3n) is 3.06. The van der Waals surface area contributed by atoms with Crippen LogP contribution in [-0.2, 0) is 6.54 Å². The van der Waals surface area contributed by atoms with Gasteiger partial charge in [-0.2, -0.15) is 13.5 Å². The molecule has 1 aromatic heterocycles. The average molecular weight is 317 g/mol. The minimum atomic E-state index is -2.83. The van der Waals surface area contributed by atoms with E-state index in [2.05, 4.69) is 25.6 Å². The minimum absolute atomic E-state index is 0.111. The van der Waals surface area contributed by atoms with Crippen LogP contribution in [0.15, 0.2) is 54.6 Å². The first-order valence-electron chi connectivity index (χ1n) is 6.84. The molecule has 0 spiro atoms. The van der Waals surface area contributed by atoms with E-state index in [1.807, 2.05) is 30.3 Å². The van der Waals surface area contributed by atoms with Crippen molar-refractivity contribution in [1.29, 1.82) is 0 Å². The highest BCUT2D eigenvalue weighted by Crippen LogP contribution is 2.18. The van der Waals surface area contributed by atoms with Gasteiger partial charge in [0.1, 0.15) is 5.75 Å². The molecule has 0 saturated carbocycles. The lowest BCUT2D eigenvalue weighted by atomic mass is 10.3. The summed E-state index contributed by atoms with van der Waals surface area (Å²) in [5.41, 5.74) is 1.60. The molecular formula is C15H13F2N5O. The fraction of sp³-hybridized carbons (Fsp3) is 0.133. The van der Waals surface area contributed by atoms with E-state index < -0.39 is 6.61 Å². The zero-order chi connectivity index (χ0) is 16.1. The van der Waals surface area contributed by atoms with E-state index in [-0.39, 0.29) is 5.75 Å². The highest BCUT2D eigenvalue weighted by molar-refractivity contribution is 5.46. The molecule has 118 valence electrons. The standard InChI is InChI=1S/C15H13F2N5O/c16-15(17)23-13-8-6-11(7-9-13)18-10-14-19-20-21-22(14)12-4-2-1-3-5-12/h1-9,15,18H,10H2. The molecule has 1 N–H and O–H groups in total. The van der Waals surface area contributed by atoms with Gasteiger partial charge < -0.3 is 10.1 Å². The molecule has 0 amide bonds. The Morgan fingerprint density at radius 1 is 1.04 bits per heavy atom. The first-order chi connectivity index (χ1) is 11.2. The molecule has 3 aromatic rings. The fourth-order valence-corrected chi connectivity index (χ4v) is 2.02. The van der Waals surface area contributed by atoms with Crippen LogP contribution in [0, 0.1) is 0 Å². The van der Waals surface area contributed by atoms with Gasteiger partial charge in [-0.3, -0.25) is 0 Å². The van der Waals surface area contributed by atoms with E-state index in [1.54, 1.807) is 16.8 Å². The highest BCUT2D eigenvalue weighted by atomic mass is 19.3. The van der Waals surface area contributed by atoms with Crippen molar-refractivity contribution >= 4 is 5.69 Å². The van der Waals surface area contributed by atoms with E-state index >= 15 is 0 Å². The van der Waals surface area contributed by atoms with Gasteiger partial charge in [-0.05, 0) is 46.8 Å².